The molecule has 2 atom stereocenters. The predicted octanol–water partition coefficient (Wildman–Crippen LogP) is 2.94. The quantitative estimate of drug-likeness (QED) is 0.382. The van der Waals surface area contributed by atoms with E-state index < -0.39 is 0 Å². The van der Waals surface area contributed by atoms with E-state index in [1.807, 2.05) is 0 Å². The van der Waals surface area contributed by atoms with E-state index in [4.69, 9.17) is 23.2 Å². The lowest BCUT2D eigenvalue weighted by Gasteiger charge is -2.18. The largest absolute Gasteiger partial charge is 0.123 e. The Morgan fingerprint density at radius 2 is 2.22 bits per heavy atom. The molecule has 0 N–H and O–H groups in total. The molecule has 0 saturated heterocycles. The van der Waals surface area contributed by atoms with Gasteiger partial charge in [0.05, 0.1) is 5.38 Å². The topological polar surface area (TPSA) is 0 Å². The second-order valence-corrected chi connectivity index (χ2v) is 3.74. The third-order valence-electron chi connectivity index (χ3n) is 1.49. The van der Waals surface area contributed by atoms with E-state index in [1.165, 1.54) is 5.57 Å². The van der Waals surface area contributed by atoms with Gasteiger partial charge < -0.3 is 0 Å². The summed E-state index contributed by atoms with van der Waals surface area (Å²) in [5, 5.41) is 0.429. The van der Waals surface area contributed by atoms with Crippen molar-refractivity contribution in [1.29, 1.82) is 0 Å². The van der Waals surface area contributed by atoms with Gasteiger partial charge in [0, 0.05) is 5.38 Å². The molecule has 0 bridgehead atoms. The van der Waals surface area contributed by atoms with E-state index in [2.05, 4.69) is 13.0 Å². The smallest absolute Gasteiger partial charge is 0.0532 e. The number of rotatable bonds is 0. The van der Waals surface area contributed by atoms with Gasteiger partial charge in [-0.2, -0.15) is 0 Å². The summed E-state index contributed by atoms with van der Waals surface area (Å²) in [5.41, 5.74) is 1.32. The highest BCUT2D eigenvalue weighted by molar-refractivity contribution is 6.24. The summed E-state index contributed by atoms with van der Waals surface area (Å²) in [6.07, 6.45) is 4.01. The van der Waals surface area contributed by atoms with Gasteiger partial charge in [-0.15, -0.1) is 23.2 Å². The molecule has 0 amide bonds. The molecule has 0 fully saturated rings. The lowest BCUT2D eigenvalue weighted by molar-refractivity contribution is 0.716. The fourth-order valence-electron chi connectivity index (χ4n) is 1.12. The zero-order valence-electron chi connectivity index (χ0n) is 5.40. The van der Waals surface area contributed by atoms with Crippen LogP contribution in [-0.4, -0.2) is 10.8 Å². The average molecular weight is 165 g/mol. The van der Waals surface area contributed by atoms with Gasteiger partial charge >= 0.3 is 0 Å². The maximum atomic E-state index is 5.88. The molecule has 9 heavy (non-hydrogen) atoms. The molecule has 0 spiro atoms. The molecule has 1 unspecified atom stereocenters. The fraction of sp³-hybridized carbons (Fsp3) is 0.714. The van der Waals surface area contributed by atoms with Crippen LogP contribution < -0.4 is 0 Å². The van der Waals surface area contributed by atoms with Crippen LogP contribution in [0.25, 0.3) is 0 Å². The van der Waals surface area contributed by atoms with Gasteiger partial charge in [-0.1, -0.05) is 11.6 Å². The Kier molecular flexibility index (Phi) is 2.42. The summed E-state index contributed by atoms with van der Waals surface area (Å²) in [7, 11) is 0. The molecule has 1 rings (SSSR count). The van der Waals surface area contributed by atoms with Crippen LogP contribution in [0.4, 0.5) is 0 Å². The van der Waals surface area contributed by atoms with Gasteiger partial charge in [-0.25, -0.2) is 0 Å². The monoisotopic (exact) mass is 164 g/mol. The number of allylic oxidation sites excluding steroid dienone is 2. The standard InChI is InChI=1S/C7H10Cl2/c1-5-2-6(8)4-7(9)3-5/h2,6-7H,3-4H2,1H3/t6?,7-/m0/s1. The Morgan fingerprint density at radius 3 is 2.67 bits per heavy atom. The van der Waals surface area contributed by atoms with Gasteiger partial charge in [0.25, 0.3) is 0 Å². The normalized spacial score (nSPS) is 36.1. The number of hydrogen-bond acceptors (Lipinski definition) is 0. The molecule has 0 radical (unpaired) electrons. The van der Waals surface area contributed by atoms with Gasteiger partial charge in [0.2, 0.25) is 0 Å². The Labute approximate surface area is 65.8 Å². The zero-order chi connectivity index (χ0) is 6.85. The van der Waals surface area contributed by atoms with Crippen molar-refractivity contribution >= 4 is 23.2 Å². The molecule has 1 aliphatic rings. The molecule has 1 aliphatic carbocycles. The van der Waals surface area contributed by atoms with Crippen LogP contribution in [0, 0.1) is 0 Å². The van der Waals surface area contributed by atoms with Crippen LogP contribution in [0.3, 0.4) is 0 Å². The predicted molar refractivity (Wildman–Crippen MR) is 42.3 cm³/mol. The van der Waals surface area contributed by atoms with Crippen LogP contribution in [0.1, 0.15) is 19.8 Å². The van der Waals surface area contributed by atoms with Gasteiger partial charge in [0.1, 0.15) is 0 Å². The molecular weight excluding hydrogens is 155 g/mol. The van der Waals surface area contributed by atoms with Crippen molar-refractivity contribution in [2.75, 3.05) is 0 Å². The van der Waals surface area contributed by atoms with E-state index in [-0.39, 0.29) is 10.8 Å². The minimum absolute atomic E-state index is 0.168. The van der Waals surface area contributed by atoms with Crippen molar-refractivity contribution in [3.05, 3.63) is 11.6 Å². The number of halogens is 2. The van der Waals surface area contributed by atoms with Crippen molar-refractivity contribution in [3.63, 3.8) is 0 Å². The highest BCUT2D eigenvalue weighted by atomic mass is 35.5. The Morgan fingerprint density at radius 1 is 1.56 bits per heavy atom. The van der Waals surface area contributed by atoms with Gasteiger partial charge in [0.15, 0.2) is 0 Å². The summed E-state index contributed by atoms with van der Waals surface area (Å²) < 4.78 is 0. The molecule has 0 heterocycles. The molecule has 0 nitrogen and oxygen atoms in total. The van der Waals surface area contributed by atoms with Crippen LogP contribution in [0.5, 0.6) is 0 Å². The molecule has 0 aliphatic heterocycles. The van der Waals surface area contributed by atoms with E-state index in [0.29, 0.717) is 0 Å². The first-order chi connectivity index (χ1) is 4.18. The average Bonchev–Trinajstić information content (AvgIpc) is 1.59. The second-order valence-electron chi connectivity index (χ2n) is 2.57. The highest BCUT2D eigenvalue weighted by Gasteiger charge is 2.15. The van der Waals surface area contributed by atoms with Crippen molar-refractivity contribution < 1.29 is 0 Å². The van der Waals surface area contributed by atoms with E-state index >= 15 is 0 Å². The van der Waals surface area contributed by atoms with Crippen LogP contribution in [0.15, 0.2) is 11.6 Å². The molecule has 2 heteroatoms. The van der Waals surface area contributed by atoms with E-state index in [1.54, 1.807) is 0 Å². The van der Waals surface area contributed by atoms with Crippen LogP contribution in [0.2, 0.25) is 0 Å². The highest BCUT2D eigenvalue weighted by Crippen LogP contribution is 2.25. The maximum absolute atomic E-state index is 5.88. The molecule has 0 saturated carbocycles. The molecule has 52 valence electrons. The zero-order valence-corrected chi connectivity index (χ0v) is 6.91. The third kappa shape index (κ3) is 2.19. The fourth-order valence-corrected chi connectivity index (χ4v) is 2.08. The second kappa shape index (κ2) is 2.94. The summed E-state index contributed by atoms with van der Waals surface area (Å²) >= 11 is 11.7. The van der Waals surface area contributed by atoms with Crippen molar-refractivity contribution in [1.82, 2.24) is 0 Å². The first-order valence-electron chi connectivity index (χ1n) is 3.14. The molecule has 0 aromatic heterocycles. The van der Waals surface area contributed by atoms with Crippen molar-refractivity contribution in [2.45, 2.75) is 30.5 Å². The van der Waals surface area contributed by atoms with Crippen LogP contribution in [-0.2, 0) is 0 Å². The van der Waals surface area contributed by atoms with Crippen LogP contribution >= 0.6 is 23.2 Å². The van der Waals surface area contributed by atoms with Gasteiger partial charge in [-0.3, -0.25) is 0 Å². The minimum atomic E-state index is 0.168. The SMILES string of the molecule is CC1=CC(Cl)C[C@@H](Cl)C1. The maximum Gasteiger partial charge on any atom is 0.0532 e. The summed E-state index contributed by atoms with van der Waals surface area (Å²) in [6, 6.07) is 0. The molecular formula is C7H10Cl2. The Bertz CT molecular complexity index is 129. The number of alkyl halides is 2. The van der Waals surface area contributed by atoms with Crippen molar-refractivity contribution in [3.8, 4) is 0 Å². The lowest BCUT2D eigenvalue weighted by atomic mass is 10.0. The van der Waals surface area contributed by atoms with E-state index in [9.17, 15) is 0 Å². The minimum Gasteiger partial charge on any atom is -0.123 e. The summed E-state index contributed by atoms with van der Waals surface area (Å²) in [6.45, 7) is 2.07. The van der Waals surface area contributed by atoms with E-state index in [0.717, 1.165) is 12.8 Å². The summed E-state index contributed by atoms with van der Waals surface area (Å²) in [5.74, 6) is 0. The van der Waals surface area contributed by atoms with Gasteiger partial charge in [-0.05, 0) is 19.8 Å². The first kappa shape index (κ1) is 7.43. The molecule has 0 aromatic carbocycles. The Hall–Kier alpha value is 0.320. The third-order valence-corrected chi connectivity index (χ3v) is 2.13. The Balaban J connectivity index is 2.56. The summed E-state index contributed by atoms with van der Waals surface area (Å²) in [4.78, 5) is 0. The first-order valence-corrected chi connectivity index (χ1v) is 4.01. The number of hydrogen-bond donors (Lipinski definition) is 0. The van der Waals surface area contributed by atoms with Crippen molar-refractivity contribution in [2.24, 2.45) is 0 Å². The molecule has 0 aromatic rings. The lowest BCUT2D eigenvalue weighted by Crippen LogP contribution is -2.12.